The van der Waals surface area contributed by atoms with Crippen LogP contribution in [-0.4, -0.2) is 70.2 Å². The first kappa shape index (κ1) is 18.7. The third-order valence-corrected chi connectivity index (χ3v) is 4.92. The molecule has 1 aromatic carbocycles. The molecule has 0 aliphatic carbocycles. The molecule has 1 fully saturated rings. The van der Waals surface area contributed by atoms with Gasteiger partial charge in [0.15, 0.2) is 5.69 Å². The van der Waals surface area contributed by atoms with Crippen LogP contribution in [0.5, 0.6) is 5.88 Å². The Morgan fingerprint density at radius 2 is 1.90 bits per heavy atom. The maximum absolute atomic E-state index is 13.0. The van der Waals surface area contributed by atoms with Gasteiger partial charge in [0.1, 0.15) is 6.54 Å². The number of amides is 2. The number of methoxy groups -OCH3 is 1. The van der Waals surface area contributed by atoms with E-state index in [1.54, 1.807) is 42.1 Å². The highest BCUT2D eigenvalue weighted by Gasteiger charge is 2.28. The summed E-state index contributed by atoms with van der Waals surface area (Å²) < 4.78 is 6.81. The average Bonchev–Trinajstić information content (AvgIpc) is 3.21. The fourth-order valence-electron chi connectivity index (χ4n) is 3.21. The first-order chi connectivity index (χ1) is 14.1. The molecule has 3 aromatic rings. The van der Waals surface area contributed by atoms with Crippen LogP contribution in [0.2, 0.25) is 0 Å². The number of hydrogen-bond acceptors (Lipinski definition) is 5. The van der Waals surface area contributed by atoms with Gasteiger partial charge in [-0.2, -0.15) is 5.10 Å². The third-order valence-electron chi connectivity index (χ3n) is 4.92. The Morgan fingerprint density at radius 3 is 2.55 bits per heavy atom. The quantitative estimate of drug-likeness (QED) is 0.678. The topological polar surface area (TPSA) is 80.6 Å². The fraction of sp³-hybridized carbons (Fsp3) is 0.238. The van der Waals surface area contributed by atoms with Crippen molar-refractivity contribution in [2.75, 3.05) is 33.8 Å². The molecule has 0 spiro atoms. The van der Waals surface area contributed by atoms with Crippen LogP contribution in [0.3, 0.4) is 0 Å². The van der Waals surface area contributed by atoms with Gasteiger partial charge < -0.3 is 14.5 Å². The molecule has 148 valence electrons. The fourth-order valence-corrected chi connectivity index (χ4v) is 3.21. The highest BCUT2D eigenvalue weighted by Crippen LogP contribution is 2.25. The Kier molecular flexibility index (Phi) is 4.99. The molecule has 3 heterocycles. The lowest BCUT2D eigenvalue weighted by Gasteiger charge is -2.31. The van der Waals surface area contributed by atoms with E-state index in [9.17, 15) is 9.59 Å². The van der Waals surface area contributed by atoms with Gasteiger partial charge in [-0.05, 0) is 12.1 Å². The molecular weight excluding hydrogens is 370 g/mol. The molecule has 29 heavy (non-hydrogen) atoms. The molecule has 0 atom stereocenters. The predicted octanol–water partition coefficient (Wildman–Crippen LogP) is 1.86. The van der Waals surface area contributed by atoms with Crippen molar-refractivity contribution in [3.63, 3.8) is 0 Å². The van der Waals surface area contributed by atoms with Crippen molar-refractivity contribution < 1.29 is 14.3 Å². The lowest BCUT2D eigenvalue weighted by atomic mass is 10.1. The first-order valence-corrected chi connectivity index (χ1v) is 9.26. The maximum atomic E-state index is 13.0. The zero-order chi connectivity index (χ0) is 20.4. The Morgan fingerprint density at radius 1 is 1.10 bits per heavy atom. The molecule has 8 nitrogen and oxygen atoms in total. The van der Waals surface area contributed by atoms with E-state index in [-0.39, 0.29) is 24.1 Å². The van der Waals surface area contributed by atoms with Gasteiger partial charge in [0.2, 0.25) is 11.8 Å². The number of carbonyl (C=O) groups excluding carboxylic acids is 2. The zero-order valence-corrected chi connectivity index (χ0v) is 16.3. The van der Waals surface area contributed by atoms with E-state index < -0.39 is 0 Å². The Bertz CT molecular complexity index is 1030. The number of aromatic nitrogens is 3. The summed E-state index contributed by atoms with van der Waals surface area (Å²) in [5.41, 5.74) is 2.68. The van der Waals surface area contributed by atoms with E-state index in [0.717, 1.165) is 11.3 Å². The first-order valence-electron chi connectivity index (χ1n) is 9.26. The van der Waals surface area contributed by atoms with Crippen LogP contribution in [0, 0.1) is 0 Å². The van der Waals surface area contributed by atoms with E-state index in [2.05, 4.69) is 10.1 Å². The van der Waals surface area contributed by atoms with Gasteiger partial charge >= 0.3 is 0 Å². The molecule has 2 amide bonds. The number of carbonyl (C=O) groups is 2. The van der Waals surface area contributed by atoms with Crippen molar-refractivity contribution in [3.05, 3.63) is 60.4 Å². The van der Waals surface area contributed by atoms with Crippen molar-refractivity contribution in [3.8, 4) is 22.8 Å². The van der Waals surface area contributed by atoms with Gasteiger partial charge in [-0.1, -0.05) is 30.3 Å². The monoisotopic (exact) mass is 391 g/mol. The van der Waals surface area contributed by atoms with Crippen molar-refractivity contribution in [1.29, 1.82) is 0 Å². The number of piperazine rings is 1. The largest absolute Gasteiger partial charge is 0.481 e. The second kappa shape index (κ2) is 7.75. The van der Waals surface area contributed by atoms with E-state index in [1.807, 2.05) is 36.4 Å². The molecule has 2 aromatic heterocycles. The van der Waals surface area contributed by atoms with E-state index >= 15 is 0 Å². The normalized spacial score (nSPS) is 14.2. The third kappa shape index (κ3) is 3.69. The van der Waals surface area contributed by atoms with Gasteiger partial charge in [-0.15, -0.1) is 0 Å². The molecule has 0 N–H and O–H groups in total. The smallest absolute Gasteiger partial charge is 0.274 e. The second-order valence-electron chi connectivity index (χ2n) is 6.79. The lowest BCUT2D eigenvalue weighted by molar-refractivity contribution is -0.133. The van der Waals surface area contributed by atoms with Crippen LogP contribution in [-0.2, 0) is 4.79 Å². The molecule has 0 unspecified atom stereocenters. The van der Waals surface area contributed by atoms with Gasteiger partial charge in [-0.3, -0.25) is 9.59 Å². The van der Waals surface area contributed by atoms with E-state index in [1.165, 1.54) is 4.90 Å². The van der Waals surface area contributed by atoms with Crippen LogP contribution >= 0.6 is 0 Å². The Labute approximate surface area is 168 Å². The number of pyridine rings is 1. The van der Waals surface area contributed by atoms with Crippen molar-refractivity contribution >= 4 is 11.8 Å². The molecule has 0 bridgehead atoms. The molecule has 1 aliphatic rings. The molecule has 8 heteroatoms. The zero-order valence-electron chi connectivity index (χ0n) is 16.3. The predicted molar refractivity (Wildman–Crippen MR) is 107 cm³/mol. The maximum Gasteiger partial charge on any atom is 0.274 e. The van der Waals surface area contributed by atoms with Gasteiger partial charge in [-0.25, -0.2) is 9.67 Å². The molecule has 4 rings (SSSR count). The minimum absolute atomic E-state index is 0.0625. The Balaban J connectivity index is 1.73. The molecular formula is C21H21N5O3. The summed E-state index contributed by atoms with van der Waals surface area (Å²) in [6.07, 6.45) is 1.64. The highest BCUT2D eigenvalue weighted by molar-refractivity contribution is 5.96. The summed E-state index contributed by atoms with van der Waals surface area (Å²) >= 11 is 0. The van der Waals surface area contributed by atoms with Crippen LogP contribution in [0.1, 0.15) is 10.5 Å². The van der Waals surface area contributed by atoms with Crippen molar-refractivity contribution in [1.82, 2.24) is 24.6 Å². The average molecular weight is 391 g/mol. The molecule has 0 saturated carbocycles. The Hall–Kier alpha value is -3.68. The van der Waals surface area contributed by atoms with Crippen molar-refractivity contribution in [2.45, 2.75) is 0 Å². The minimum atomic E-state index is -0.260. The number of nitrogens with zero attached hydrogens (tertiary/aromatic N) is 5. The number of hydrogen-bond donors (Lipinski definition) is 0. The second-order valence-corrected chi connectivity index (χ2v) is 6.79. The summed E-state index contributed by atoms with van der Waals surface area (Å²) in [5.74, 6) is 0.157. The lowest BCUT2D eigenvalue weighted by Crippen LogP contribution is -2.50. The highest BCUT2D eigenvalue weighted by atomic mass is 16.5. The van der Waals surface area contributed by atoms with Gasteiger partial charge in [0.25, 0.3) is 5.91 Å². The SMILES string of the molecule is COc1ccc(-n2nc(C(=O)N3CCN(C)C(=O)C3)cc2-c2ccccc2)cn1. The standard InChI is InChI=1S/C21H21N5O3/c1-24-10-11-25(14-20(24)27)21(28)17-12-18(15-6-4-3-5-7-15)26(23-17)16-8-9-19(29-2)22-13-16/h3-9,12-13H,10-11,14H2,1-2H3. The number of rotatable bonds is 4. The minimum Gasteiger partial charge on any atom is -0.481 e. The summed E-state index contributed by atoms with van der Waals surface area (Å²) in [7, 11) is 3.29. The van der Waals surface area contributed by atoms with Crippen LogP contribution in [0.25, 0.3) is 16.9 Å². The molecule has 1 saturated heterocycles. The number of ether oxygens (including phenoxy) is 1. The van der Waals surface area contributed by atoms with Gasteiger partial charge in [0, 0.05) is 31.8 Å². The molecule has 0 radical (unpaired) electrons. The summed E-state index contributed by atoms with van der Waals surface area (Å²) in [6.45, 7) is 1.06. The van der Waals surface area contributed by atoms with Crippen LogP contribution in [0.15, 0.2) is 54.7 Å². The van der Waals surface area contributed by atoms with Gasteiger partial charge in [0.05, 0.1) is 24.7 Å². The van der Waals surface area contributed by atoms with Crippen LogP contribution < -0.4 is 4.74 Å². The molecule has 1 aliphatic heterocycles. The summed E-state index contributed by atoms with van der Waals surface area (Å²) in [6, 6.07) is 15.0. The summed E-state index contributed by atoms with van der Waals surface area (Å²) in [5, 5.41) is 4.55. The van der Waals surface area contributed by atoms with E-state index in [0.29, 0.717) is 24.7 Å². The number of benzene rings is 1. The number of likely N-dealkylation sites (N-methyl/N-ethyl adjacent to an activating group) is 1. The van der Waals surface area contributed by atoms with Crippen molar-refractivity contribution in [2.24, 2.45) is 0 Å². The van der Waals surface area contributed by atoms with Crippen LogP contribution in [0.4, 0.5) is 0 Å². The summed E-state index contributed by atoms with van der Waals surface area (Å²) in [4.78, 5) is 32.4. The van der Waals surface area contributed by atoms with E-state index in [4.69, 9.17) is 4.74 Å².